The Labute approximate surface area is 147 Å². The summed E-state index contributed by atoms with van der Waals surface area (Å²) in [4.78, 5) is 17.8. The van der Waals surface area contributed by atoms with E-state index in [0.717, 1.165) is 29.6 Å². The van der Waals surface area contributed by atoms with Gasteiger partial charge in [0.1, 0.15) is 0 Å². The third kappa shape index (κ3) is 3.58. The number of rotatable bonds is 4. The summed E-state index contributed by atoms with van der Waals surface area (Å²) < 4.78 is 0. The SMILES string of the molecule is Cc1[nH]c2ccc(Cl)cc2c1CCNC(=O)[C@@H]1CN(C)CC[C@H]1O. The molecule has 3 N–H and O–H groups in total. The zero-order chi connectivity index (χ0) is 17.3. The van der Waals surface area contributed by atoms with Gasteiger partial charge in [0.05, 0.1) is 12.0 Å². The summed E-state index contributed by atoms with van der Waals surface area (Å²) in [6.07, 6.45) is 0.834. The molecule has 2 atom stereocenters. The Morgan fingerprint density at radius 2 is 2.29 bits per heavy atom. The number of fused-ring (bicyclic) bond motifs is 1. The highest BCUT2D eigenvalue weighted by atomic mass is 35.5. The Hall–Kier alpha value is -1.56. The minimum absolute atomic E-state index is 0.0652. The first-order valence-electron chi connectivity index (χ1n) is 8.36. The van der Waals surface area contributed by atoms with Gasteiger partial charge in [-0.3, -0.25) is 4.79 Å². The van der Waals surface area contributed by atoms with Gasteiger partial charge in [-0.25, -0.2) is 0 Å². The molecular weight excluding hydrogens is 326 g/mol. The predicted molar refractivity (Wildman–Crippen MR) is 96.4 cm³/mol. The fourth-order valence-electron chi connectivity index (χ4n) is 3.48. The molecule has 0 saturated carbocycles. The van der Waals surface area contributed by atoms with Crippen molar-refractivity contribution >= 4 is 28.4 Å². The second-order valence-corrected chi connectivity index (χ2v) is 7.12. The first kappa shape index (κ1) is 17.3. The molecule has 6 heteroatoms. The molecular formula is C18H24ClN3O2. The largest absolute Gasteiger partial charge is 0.392 e. The average Bonchev–Trinajstić information content (AvgIpc) is 2.85. The van der Waals surface area contributed by atoms with Gasteiger partial charge in [0, 0.05) is 41.3 Å². The molecule has 24 heavy (non-hydrogen) atoms. The molecule has 2 aromatic rings. The number of hydrogen-bond acceptors (Lipinski definition) is 3. The summed E-state index contributed by atoms with van der Waals surface area (Å²) in [7, 11) is 1.98. The summed E-state index contributed by atoms with van der Waals surface area (Å²) >= 11 is 6.10. The van der Waals surface area contributed by atoms with Gasteiger partial charge in [0.25, 0.3) is 0 Å². The van der Waals surface area contributed by atoms with Crippen molar-refractivity contribution in [3.05, 3.63) is 34.5 Å². The molecule has 1 fully saturated rings. The van der Waals surface area contributed by atoms with Crippen LogP contribution in [0.5, 0.6) is 0 Å². The lowest BCUT2D eigenvalue weighted by Crippen LogP contribution is -2.49. The molecule has 3 rings (SSSR count). The molecule has 0 aliphatic carbocycles. The number of nitrogens with one attached hydrogen (secondary N) is 2. The van der Waals surface area contributed by atoms with Crippen LogP contribution in [-0.2, 0) is 11.2 Å². The molecule has 1 aliphatic rings. The maximum atomic E-state index is 12.4. The van der Waals surface area contributed by atoms with E-state index in [-0.39, 0.29) is 11.8 Å². The first-order chi connectivity index (χ1) is 11.5. The smallest absolute Gasteiger partial charge is 0.227 e. The second kappa shape index (κ2) is 7.13. The van der Waals surface area contributed by atoms with Crippen LogP contribution in [0.3, 0.4) is 0 Å². The Kier molecular flexibility index (Phi) is 5.13. The molecule has 130 valence electrons. The summed E-state index contributed by atoms with van der Waals surface area (Å²) in [5, 5.41) is 14.8. The fourth-order valence-corrected chi connectivity index (χ4v) is 3.65. The molecule has 0 radical (unpaired) electrons. The lowest BCUT2D eigenvalue weighted by Gasteiger charge is -2.32. The number of likely N-dealkylation sites (tertiary alicyclic amines) is 1. The molecule has 1 aromatic carbocycles. The molecule has 5 nitrogen and oxygen atoms in total. The van der Waals surface area contributed by atoms with E-state index in [1.54, 1.807) is 0 Å². The van der Waals surface area contributed by atoms with Crippen molar-refractivity contribution in [2.45, 2.75) is 25.9 Å². The normalized spacial score (nSPS) is 22.0. The zero-order valence-electron chi connectivity index (χ0n) is 14.1. The standard InChI is InChI=1S/C18H24ClN3O2/c1-11-13(14-9-12(19)3-4-16(14)21-11)5-7-20-18(24)15-10-22(2)8-6-17(15)23/h3-4,9,15,17,21,23H,5-8,10H2,1-2H3,(H,20,24)/t15-,17-/m1/s1. The van der Waals surface area contributed by atoms with Gasteiger partial charge in [0.15, 0.2) is 0 Å². The quantitative estimate of drug-likeness (QED) is 0.791. The number of piperidine rings is 1. The Bertz CT molecular complexity index is 743. The van der Waals surface area contributed by atoms with Gasteiger partial charge >= 0.3 is 0 Å². The molecule has 1 amide bonds. The number of aliphatic hydroxyl groups is 1. The van der Waals surface area contributed by atoms with E-state index < -0.39 is 6.10 Å². The van der Waals surface area contributed by atoms with Crippen molar-refractivity contribution in [2.75, 3.05) is 26.7 Å². The van der Waals surface area contributed by atoms with Crippen molar-refractivity contribution in [2.24, 2.45) is 5.92 Å². The Morgan fingerprint density at radius 1 is 1.50 bits per heavy atom. The van der Waals surface area contributed by atoms with Gasteiger partial charge in [-0.2, -0.15) is 0 Å². The van der Waals surface area contributed by atoms with E-state index in [9.17, 15) is 9.90 Å². The van der Waals surface area contributed by atoms with Crippen molar-refractivity contribution < 1.29 is 9.90 Å². The number of aromatic amines is 1. The molecule has 1 aliphatic heterocycles. The van der Waals surface area contributed by atoms with Crippen LogP contribution in [0.2, 0.25) is 5.02 Å². The van der Waals surface area contributed by atoms with Crippen molar-refractivity contribution in [1.29, 1.82) is 0 Å². The average molecular weight is 350 g/mol. The Balaban J connectivity index is 1.63. The molecule has 1 aromatic heterocycles. The number of hydrogen-bond donors (Lipinski definition) is 3. The van der Waals surface area contributed by atoms with E-state index in [4.69, 9.17) is 11.6 Å². The predicted octanol–water partition coefficient (Wildman–Crippen LogP) is 2.10. The topological polar surface area (TPSA) is 68.4 Å². The highest BCUT2D eigenvalue weighted by molar-refractivity contribution is 6.31. The van der Waals surface area contributed by atoms with Crippen molar-refractivity contribution in [3.63, 3.8) is 0 Å². The summed E-state index contributed by atoms with van der Waals surface area (Å²) in [6.45, 7) is 4.02. The number of H-pyrrole nitrogens is 1. The van der Waals surface area contributed by atoms with Crippen LogP contribution in [-0.4, -0.2) is 53.7 Å². The minimum Gasteiger partial charge on any atom is -0.392 e. The number of benzene rings is 1. The van der Waals surface area contributed by atoms with Crippen molar-refractivity contribution in [1.82, 2.24) is 15.2 Å². The lowest BCUT2D eigenvalue weighted by molar-refractivity contribution is -0.131. The van der Waals surface area contributed by atoms with Gasteiger partial charge in [0.2, 0.25) is 5.91 Å². The van der Waals surface area contributed by atoms with E-state index in [2.05, 4.69) is 15.2 Å². The summed E-state index contributed by atoms with van der Waals surface area (Å²) in [6, 6.07) is 5.80. The van der Waals surface area contributed by atoms with Crippen molar-refractivity contribution in [3.8, 4) is 0 Å². The first-order valence-corrected chi connectivity index (χ1v) is 8.74. The van der Waals surface area contributed by atoms with Gasteiger partial charge in [-0.1, -0.05) is 11.6 Å². The molecule has 0 bridgehead atoms. The number of aromatic nitrogens is 1. The number of halogens is 1. The van der Waals surface area contributed by atoms with Gasteiger partial charge in [-0.15, -0.1) is 0 Å². The van der Waals surface area contributed by atoms with Gasteiger partial charge in [-0.05, 0) is 50.6 Å². The van der Waals surface area contributed by atoms with E-state index in [1.807, 2.05) is 32.2 Å². The van der Waals surface area contributed by atoms with Crippen LogP contribution in [0, 0.1) is 12.8 Å². The molecule has 0 spiro atoms. The van der Waals surface area contributed by atoms with E-state index in [0.29, 0.717) is 24.5 Å². The molecule has 1 saturated heterocycles. The van der Waals surface area contributed by atoms with Crippen LogP contribution in [0.15, 0.2) is 18.2 Å². The van der Waals surface area contributed by atoms with Crippen LogP contribution < -0.4 is 5.32 Å². The van der Waals surface area contributed by atoms with E-state index >= 15 is 0 Å². The molecule has 2 heterocycles. The zero-order valence-corrected chi connectivity index (χ0v) is 14.9. The van der Waals surface area contributed by atoms with Crippen LogP contribution in [0.1, 0.15) is 17.7 Å². The monoisotopic (exact) mass is 349 g/mol. The number of nitrogens with zero attached hydrogens (tertiary/aromatic N) is 1. The van der Waals surface area contributed by atoms with E-state index in [1.165, 1.54) is 5.56 Å². The Morgan fingerprint density at radius 3 is 3.08 bits per heavy atom. The highest BCUT2D eigenvalue weighted by Crippen LogP contribution is 2.25. The lowest BCUT2D eigenvalue weighted by atomic mass is 9.94. The number of amides is 1. The number of carbonyl (C=O) groups is 1. The third-order valence-corrected chi connectivity index (χ3v) is 5.11. The maximum Gasteiger partial charge on any atom is 0.227 e. The minimum atomic E-state index is -0.546. The second-order valence-electron chi connectivity index (χ2n) is 6.68. The summed E-state index contributed by atoms with van der Waals surface area (Å²) in [5.41, 5.74) is 3.33. The fraction of sp³-hybridized carbons (Fsp3) is 0.500. The number of aryl methyl sites for hydroxylation is 1. The van der Waals surface area contributed by atoms with Crippen LogP contribution >= 0.6 is 11.6 Å². The maximum absolute atomic E-state index is 12.4. The number of aliphatic hydroxyl groups excluding tert-OH is 1. The highest BCUT2D eigenvalue weighted by Gasteiger charge is 2.31. The van der Waals surface area contributed by atoms with Crippen LogP contribution in [0.25, 0.3) is 10.9 Å². The van der Waals surface area contributed by atoms with Crippen LogP contribution in [0.4, 0.5) is 0 Å². The van der Waals surface area contributed by atoms with Gasteiger partial charge < -0.3 is 20.3 Å². The number of carbonyl (C=O) groups excluding carboxylic acids is 1. The molecule has 0 unspecified atom stereocenters. The third-order valence-electron chi connectivity index (χ3n) is 4.87. The summed E-state index contributed by atoms with van der Waals surface area (Å²) in [5.74, 6) is -0.410.